The van der Waals surface area contributed by atoms with Gasteiger partial charge in [0.2, 0.25) is 0 Å². The molecule has 1 unspecified atom stereocenters. The molecule has 1 atom stereocenters. The Balaban J connectivity index is 2.04. The van der Waals surface area contributed by atoms with Gasteiger partial charge in [0, 0.05) is 25.9 Å². The molecule has 0 spiro atoms. The lowest BCUT2D eigenvalue weighted by Gasteiger charge is -2.18. The molecule has 1 aliphatic heterocycles. The number of aromatic nitrogens is 2. The SMILES string of the molecule is OCCC1CCN(c2ncncc2Br)C1. The summed E-state index contributed by atoms with van der Waals surface area (Å²) in [6.07, 6.45) is 5.36. The number of hydrogen-bond donors (Lipinski definition) is 1. The monoisotopic (exact) mass is 271 g/mol. The van der Waals surface area contributed by atoms with E-state index in [-0.39, 0.29) is 6.61 Å². The van der Waals surface area contributed by atoms with Crippen molar-refractivity contribution in [2.24, 2.45) is 5.92 Å². The molecule has 5 heteroatoms. The highest BCUT2D eigenvalue weighted by molar-refractivity contribution is 9.10. The van der Waals surface area contributed by atoms with Gasteiger partial charge >= 0.3 is 0 Å². The van der Waals surface area contributed by atoms with Crippen LogP contribution in [0.5, 0.6) is 0 Å². The number of nitrogens with zero attached hydrogens (tertiary/aromatic N) is 3. The van der Waals surface area contributed by atoms with Crippen molar-refractivity contribution in [3.8, 4) is 0 Å². The van der Waals surface area contributed by atoms with Gasteiger partial charge in [0.1, 0.15) is 12.1 Å². The maximum absolute atomic E-state index is 8.88. The van der Waals surface area contributed by atoms with E-state index < -0.39 is 0 Å². The maximum atomic E-state index is 8.88. The third-order valence-corrected chi connectivity index (χ3v) is 3.33. The standard InChI is InChI=1S/C10H14BrN3O/c11-9-5-12-7-13-10(9)14-3-1-8(6-14)2-4-15/h5,7-8,15H,1-4,6H2. The van der Waals surface area contributed by atoms with E-state index in [1.165, 1.54) is 0 Å². The smallest absolute Gasteiger partial charge is 0.146 e. The van der Waals surface area contributed by atoms with E-state index >= 15 is 0 Å². The topological polar surface area (TPSA) is 49.2 Å². The molecule has 0 saturated carbocycles. The van der Waals surface area contributed by atoms with Gasteiger partial charge < -0.3 is 10.0 Å². The van der Waals surface area contributed by atoms with Crippen molar-refractivity contribution < 1.29 is 5.11 Å². The lowest BCUT2D eigenvalue weighted by molar-refractivity contribution is 0.263. The molecule has 0 amide bonds. The highest BCUT2D eigenvalue weighted by atomic mass is 79.9. The average Bonchev–Trinajstić information content (AvgIpc) is 2.68. The average molecular weight is 272 g/mol. The van der Waals surface area contributed by atoms with Crippen molar-refractivity contribution >= 4 is 21.7 Å². The number of aliphatic hydroxyl groups is 1. The lowest BCUT2D eigenvalue weighted by atomic mass is 10.1. The molecule has 0 bridgehead atoms. The molecule has 4 nitrogen and oxygen atoms in total. The Hall–Kier alpha value is -0.680. The summed E-state index contributed by atoms with van der Waals surface area (Å²) >= 11 is 3.45. The summed E-state index contributed by atoms with van der Waals surface area (Å²) in [7, 11) is 0. The predicted molar refractivity (Wildman–Crippen MR) is 61.8 cm³/mol. The van der Waals surface area contributed by atoms with E-state index in [4.69, 9.17) is 5.11 Å². The summed E-state index contributed by atoms with van der Waals surface area (Å²) in [5.74, 6) is 1.56. The minimum Gasteiger partial charge on any atom is -0.396 e. The zero-order valence-corrected chi connectivity index (χ0v) is 10.0. The van der Waals surface area contributed by atoms with E-state index in [9.17, 15) is 0 Å². The molecule has 82 valence electrons. The molecule has 0 aromatic carbocycles. The molecule has 2 rings (SSSR count). The number of halogens is 1. The molecule has 15 heavy (non-hydrogen) atoms. The summed E-state index contributed by atoms with van der Waals surface area (Å²) < 4.78 is 0.939. The Bertz CT molecular complexity index is 334. The minimum absolute atomic E-state index is 0.281. The summed E-state index contributed by atoms with van der Waals surface area (Å²) in [5.41, 5.74) is 0. The van der Waals surface area contributed by atoms with Crippen LogP contribution in [0.25, 0.3) is 0 Å². The van der Waals surface area contributed by atoms with E-state index in [0.717, 1.165) is 36.2 Å². The van der Waals surface area contributed by atoms with Crippen molar-refractivity contribution in [2.45, 2.75) is 12.8 Å². The van der Waals surface area contributed by atoms with Gasteiger partial charge in [-0.2, -0.15) is 0 Å². The number of aliphatic hydroxyl groups excluding tert-OH is 1. The molecule has 1 saturated heterocycles. The maximum Gasteiger partial charge on any atom is 0.146 e. The van der Waals surface area contributed by atoms with Crippen molar-refractivity contribution in [3.63, 3.8) is 0 Å². The third-order valence-electron chi connectivity index (χ3n) is 2.77. The van der Waals surface area contributed by atoms with Crippen LogP contribution in [0, 0.1) is 5.92 Å². The van der Waals surface area contributed by atoms with Crippen LogP contribution in [0.2, 0.25) is 0 Å². The van der Waals surface area contributed by atoms with Crippen LogP contribution in [0.1, 0.15) is 12.8 Å². The van der Waals surface area contributed by atoms with Gasteiger partial charge in [-0.3, -0.25) is 0 Å². The fraction of sp³-hybridized carbons (Fsp3) is 0.600. The van der Waals surface area contributed by atoms with Crippen molar-refractivity contribution in [1.82, 2.24) is 9.97 Å². The molecule has 1 fully saturated rings. The largest absolute Gasteiger partial charge is 0.396 e. The first kappa shape index (κ1) is 10.8. The quantitative estimate of drug-likeness (QED) is 0.904. The van der Waals surface area contributed by atoms with Crippen molar-refractivity contribution in [3.05, 3.63) is 17.0 Å². The van der Waals surface area contributed by atoms with Gasteiger partial charge in [-0.05, 0) is 34.7 Å². The minimum atomic E-state index is 0.281. The summed E-state index contributed by atoms with van der Waals surface area (Å²) in [5, 5.41) is 8.88. The van der Waals surface area contributed by atoms with E-state index in [1.807, 2.05) is 0 Å². The van der Waals surface area contributed by atoms with Crippen molar-refractivity contribution in [1.29, 1.82) is 0 Å². The van der Waals surface area contributed by atoms with E-state index in [2.05, 4.69) is 30.8 Å². The summed E-state index contributed by atoms with van der Waals surface area (Å²) in [4.78, 5) is 10.4. The Morgan fingerprint density at radius 1 is 1.60 bits per heavy atom. The third kappa shape index (κ3) is 2.46. The number of anilines is 1. The first-order valence-corrected chi connectivity index (χ1v) is 5.92. The van der Waals surface area contributed by atoms with E-state index in [0.29, 0.717) is 5.92 Å². The molecule has 1 aromatic heterocycles. The molecular weight excluding hydrogens is 258 g/mol. The highest BCUT2D eigenvalue weighted by Crippen LogP contribution is 2.28. The predicted octanol–water partition coefficient (Wildman–Crippen LogP) is 1.45. The Morgan fingerprint density at radius 2 is 2.47 bits per heavy atom. The second-order valence-corrected chi connectivity index (χ2v) is 4.66. The molecule has 1 aliphatic rings. The van der Waals surface area contributed by atoms with Crippen LogP contribution < -0.4 is 4.90 Å². The summed E-state index contributed by atoms with van der Waals surface area (Å²) in [6.45, 7) is 2.28. The Morgan fingerprint density at radius 3 is 3.20 bits per heavy atom. The molecule has 1 N–H and O–H groups in total. The van der Waals surface area contributed by atoms with Gasteiger partial charge in [-0.25, -0.2) is 9.97 Å². The Kier molecular flexibility index (Phi) is 3.53. The van der Waals surface area contributed by atoms with Gasteiger partial charge in [-0.1, -0.05) is 0 Å². The van der Waals surface area contributed by atoms with Crippen LogP contribution >= 0.6 is 15.9 Å². The number of rotatable bonds is 3. The van der Waals surface area contributed by atoms with Crippen LogP contribution in [0.15, 0.2) is 17.0 Å². The van der Waals surface area contributed by atoms with E-state index in [1.54, 1.807) is 12.5 Å². The normalized spacial score (nSPS) is 20.9. The second kappa shape index (κ2) is 4.90. The van der Waals surface area contributed by atoms with Crippen LogP contribution in [-0.2, 0) is 0 Å². The molecule has 0 aliphatic carbocycles. The van der Waals surface area contributed by atoms with Crippen molar-refractivity contribution in [2.75, 3.05) is 24.6 Å². The van der Waals surface area contributed by atoms with Gasteiger partial charge in [0.25, 0.3) is 0 Å². The number of hydrogen-bond acceptors (Lipinski definition) is 4. The highest BCUT2D eigenvalue weighted by Gasteiger charge is 2.24. The molecule has 1 aromatic rings. The molecule has 2 heterocycles. The Labute approximate surface area is 97.5 Å². The van der Waals surface area contributed by atoms with Gasteiger partial charge in [0.15, 0.2) is 0 Å². The zero-order valence-electron chi connectivity index (χ0n) is 8.43. The second-order valence-electron chi connectivity index (χ2n) is 3.81. The van der Waals surface area contributed by atoms with Gasteiger partial charge in [-0.15, -0.1) is 0 Å². The lowest BCUT2D eigenvalue weighted by Crippen LogP contribution is -2.21. The van der Waals surface area contributed by atoms with Crippen LogP contribution in [-0.4, -0.2) is 34.8 Å². The fourth-order valence-electron chi connectivity index (χ4n) is 1.98. The van der Waals surface area contributed by atoms with Crippen LogP contribution in [0.4, 0.5) is 5.82 Å². The first-order chi connectivity index (χ1) is 7.31. The molecule has 0 radical (unpaired) electrons. The fourth-order valence-corrected chi connectivity index (χ4v) is 2.45. The summed E-state index contributed by atoms with van der Waals surface area (Å²) in [6, 6.07) is 0. The molecular formula is C10H14BrN3O. The van der Waals surface area contributed by atoms with Gasteiger partial charge in [0.05, 0.1) is 4.47 Å². The first-order valence-electron chi connectivity index (χ1n) is 5.12. The van der Waals surface area contributed by atoms with Crippen LogP contribution in [0.3, 0.4) is 0 Å². The zero-order chi connectivity index (χ0) is 10.7.